The number of carbonyl (C=O) groups excluding carboxylic acids is 1. The fourth-order valence-electron chi connectivity index (χ4n) is 3.63. The Balaban J connectivity index is 1.90. The van der Waals surface area contributed by atoms with Crippen LogP contribution in [0.25, 0.3) is 6.08 Å². The molecule has 2 aromatic carbocycles. The number of nitrogens with zero attached hydrogens (tertiary/aromatic N) is 2. The second-order valence-electron chi connectivity index (χ2n) is 7.52. The molecule has 1 saturated heterocycles. The van der Waals surface area contributed by atoms with Crippen molar-refractivity contribution in [2.45, 2.75) is 38.6 Å². The lowest BCUT2D eigenvalue weighted by Gasteiger charge is -2.41. The van der Waals surface area contributed by atoms with Crippen molar-refractivity contribution in [1.82, 2.24) is 4.90 Å². The topological polar surface area (TPSA) is 32.7 Å². The Labute approximate surface area is 162 Å². The third kappa shape index (κ3) is 5.01. The van der Waals surface area contributed by atoms with E-state index in [-0.39, 0.29) is 11.4 Å². The molecule has 0 spiro atoms. The van der Waals surface area contributed by atoms with Crippen molar-refractivity contribution < 1.29 is 4.79 Å². The first kappa shape index (κ1) is 19.2. The summed E-state index contributed by atoms with van der Waals surface area (Å²) in [6.45, 7) is 6.45. The van der Waals surface area contributed by atoms with Crippen LogP contribution in [0.15, 0.2) is 71.7 Å². The lowest BCUT2D eigenvalue weighted by atomic mass is 9.88. The highest BCUT2D eigenvalue weighted by Crippen LogP contribution is 2.25. The van der Waals surface area contributed by atoms with Crippen molar-refractivity contribution in [2.24, 2.45) is 4.99 Å². The van der Waals surface area contributed by atoms with Gasteiger partial charge in [-0.2, -0.15) is 0 Å². The molecule has 1 amide bonds. The van der Waals surface area contributed by atoms with Crippen LogP contribution in [0.1, 0.15) is 44.2 Å². The van der Waals surface area contributed by atoms with Gasteiger partial charge in [0.15, 0.2) is 0 Å². The normalized spacial score (nSPS) is 16.6. The molecule has 0 N–H and O–H groups in total. The number of carbonyl (C=O) groups is 1. The molecule has 0 aliphatic carbocycles. The zero-order chi connectivity index (χ0) is 19.1. The van der Waals surface area contributed by atoms with E-state index in [1.165, 1.54) is 19.3 Å². The third-order valence-electron chi connectivity index (χ3n) is 5.21. The van der Waals surface area contributed by atoms with Gasteiger partial charge < -0.3 is 0 Å². The van der Waals surface area contributed by atoms with Crippen LogP contribution in [-0.2, 0) is 4.79 Å². The molecule has 0 bridgehead atoms. The molecule has 27 heavy (non-hydrogen) atoms. The van der Waals surface area contributed by atoms with Crippen LogP contribution in [0.3, 0.4) is 0 Å². The fraction of sp³-hybridized carbons (Fsp3) is 0.333. The molecule has 3 heteroatoms. The Hall–Kier alpha value is -2.52. The van der Waals surface area contributed by atoms with Crippen molar-refractivity contribution in [3.05, 3.63) is 77.9 Å². The standard InChI is InChI=1S/C24H28N2O/c1-24(2,26-18-10-5-11-19-26)23(21-14-8-4-9-15-21)25-22(27)17-16-20-12-6-3-7-13-20/h3-4,6-9,12-17H,5,10-11,18-19H2,1-2H3/b17-16+,25-23?. The van der Waals surface area contributed by atoms with Gasteiger partial charge in [0.25, 0.3) is 5.91 Å². The molecule has 1 aliphatic heterocycles. The molecule has 3 nitrogen and oxygen atoms in total. The molecule has 0 radical (unpaired) electrons. The van der Waals surface area contributed by atoms with Gasteiger partial charge in [-0.25, -0.2) is 4.99 Å². The van der Waals surface area contributed by atoms with E-state index in [0.717, 1.165) is 29.9 Å². The van der Waals surface area contributed by atoms with Crippen LogP contribution < -0.4 is 0 Å². The predicted octanol–water partition coefficient (Wildman–Crippen LogP) is 4.98. The van der Waals surface area contributed by atoms with Gasteiger partial charge in [0, 0.05) is 6.08 Å². The SMILES string of the molecule is CC(C)(C(=NC(=O)/C=C/c1ccccc1)c1ccccc1)N1CCCCC1. The van der Waals surface area contributed by atoms with Crippen LogP contribution in [0, 0.1) is 0 Å². The Bertz CT molecular complexity index is 801. The zero-order valence-electron chi connectivity index (χ0n) is 16.3. The monoisotopic (exact) mass is 360 g/mol. The van der Waals surface area contributed by atoms with Crippen molar-refractivity contribution in [3.63, 3.8) is 0 Å². The number of benzene rings is 2. The number of rotatable bonds is 5. The number of hydrogen-bond acceptors (Lipinski definition) is 2. The average molecular weight is 361 g/mol. The van der Waals surface area contributed by atoms with E-state index in [4.69, 9.17) is 0 Å². The second kappa shape index (κ2) is 8.92. The van der Waals surface area contributed by atoms with E-state index in [0.29, 0.717) is 0 Å². The quantitative estimate of drug-likeness (QED) is 0.556. The minimum absolute atomic E-state index is 0.220. The van der Waals surface area contributed by atoms with Gasteiger partial charge in [-0.15, -0.1) is 0 Å². The van der Waals surface area contributed by atoms with Gasteiger partial charge in [-0.05, 0) is 57.0 Å². The molecule has 0 saturated carbocycles. The number of amides is 1. The van der Waals surface area contributed by atoms with Crippen LogP contribution in [-0.4, -0.2) is 35.1 Å². The Morgan fingerprint density at radius 1 is 0.926 bits per heavy atom. The molecular weight excluding hydrogens is 332 g/mol. The molecule has 1 fully saturated rings. The van der Waals surface area contributed by atoms with E-state index in [9.17, 15) is 4.79 Å². The molecule has 2 aromatic rings. The summed E-state index contributed by atoms with van der Waals surface area (Å²) in [5.74, 6) is -0.220. The lowest BCUT2D eigenvalue weighted by molar-refractivity contribution is -0.113. The van der Waals surface area contributed by atoms with Gasteiger partial charge in [0.05, 0.1) is 11.3 Å². The highest BCUT2D eigenvalue weighted by atomic mass is 16.1. The number of likely N-dealkylation sites (tertiary alicyclic amines) is 1. The summed E-state index contributed by atoms with van der Waals surface area (Å²) in [6, 6.07) is 19.9. The Morgan fingerprint density at radius 3 is 2.15 bits per heavy atom. The molecule has 0 unspecified atom stereocenters. The van der Waals surface area contributed by atoms with E-state index in [1.807, 2.05) is 66.7 Å². The van der Waals surface area contributed by atoms with E-state index in [2.05, 4.69) is 23.7 Å². The number of piperidine rings is 1. The van der Waals surface area contributed by atoms with Crippen LogP contribution >= 0.6 is 0 Å². The molecular formula is C24H28N2O. The Morgan fingerprint density at radius 2 is 1.52 bits per heavy atom. The smallest absolute Gasteiger partial charge is 0.270 e. The molecule has 0 atom stereocenters. The maximum Gasteiger partial charge on any atom is 0.270 e. The number of aliphatic imine (C=N–C) groups is 1. The van der Waals surface area contributed by atoms with Gasteiger partial charge in [-0.3, -0.25) is 9.69 Å². The lowest BCUT2D eigenvalue weighted by Crippen LogP contribution is -2.52. The maximum absolute atomic E-state index is 12.6. The fourth-order valence-corrected chi connectivity index (χ4v) is 3.63. The van der Waals surface area contributed by atoms with Crippen molar-refractivity contribution in [3.8, 4) is 0 Å². The average Bonchev–Trinajstić information content (AvgIpc) is 2.72. The van der Waals surface area contributed by atoms with E-state index >= 15 is 0 Å². The third-order valence-corrected chi connectivity index (χ3v) is 5.21. The summed E-state index contributed by atoms with van der Waals surface area (Å²) < 4.78 is 0. The van der Waals surface area contributed by atoms with Crippen LogP contribution in [0.4, 0.5) is 0 Å². The van der Waals surface area contributed by atoms with E-state index in [1.54, 1.807) is 6.08 Å². The van der Waals surface area contributed by atoms with Crippen LogP contribution in [0.5, 0.6) is 0 Å². The highest BCUT2D eigenvalue weighted by Gasteiger charge is 2.34. The second-order valence-corrected chi connectivity index (χ2v) is 7.52. The van der Waals surface area contributed by atoms with Crippen molar-refractivity contribution in [2.75, 3.05) is 13.1 Å². The van der Waals surface area contributed by atoms with Crippen molar-refractivity contribution in [1.29, 1.82) is 0 Å². The molecule has 0 aromatic heterocycles. The van der Waals surface area contributed by atoms with E-state index < -0.39 is 0 Å². The predicted molar refractivity (Wildman–Crippen MR) is 113 cm³/mol. The van der Waals surface area contributed by atoms with Gasteiger partial charge >= 0.3 is 0 Å². The summed E-state index contributed by atoms with van der Waals surface area (Å²) >= 11 is 0. The van der Waals surface area contributed by atoms with Gasteiger partial charge in [0.1, 0.15) is 0 Å². The maximum atomic E-state index is 12.6. The zero-order valence-corrected chi connectivity index (χ0v) is 16.3. The Kier molecular flexibility index (Phi) is 6.36. The van der Waals surface area contributed by atoms with Crippen LogP contribution in [0.2, 0.25) is 0 Å². The summed E-state index contributed by atoms with van der Waals surface area (Å²) in [5.41, 5.74) is 2.55. The summed E-state index contributed by atoms with van der Waals surface area (Å²) in [5, 5.41) is 0. The largest absolute Gasteiger partial charge is 0.293 e. The summed E-state index contributed by atoms with van der Waals surface area (Å²) in [6.07, 6.45) is 7.07. The molecule has 1 aliphatic rings. The van der Waals surface area contributed by atoms with Crippen molar-refractivity contribution >= 4 is 17.7 Å². The number of hydrogen-bond donors (Lipinski definition) is 0. The minimum atomic E-state index is -0.294. The first-order valence-corrected chi connectivity index (χ1v) is 9.74. The highest BCUT2D eigenvalue weighted by molar-refractivity contribution is 6.13. The summed E-state index contributed by atoms with van der Waals surface area (Å²) in [7, 11) is 0. The van der Waals surface area contributed by atoms with Gasteiger partial charge in [0.2, 0.25) is 0 Å². The molecule has 140 valence electrons. The molecule has 3 rings (SSSR count). The molecule has 1 heterocycles. The first-order valence-electron chi connectivity index (χ1n) is 9.74. The first-order chi connectivity index (χ1) is 13.1. The minimum Gasteiger partial charge on any atom is -0.293 e. The summed E-state index contributed by atoms with van der Waals surface area (Å²) in [4.78, 5) is 19.6. The van der Waals surface area contributed by atoms with Gasteiger partial charge in [-0.1, -0.05) is 67.1 Å².